The molecule has 2 rings (SSSR count). The highest BCUT2D eigenvalue weighted by molar-refractivity contribution is 5.96. The smallest absolute Gasteiger partial charge is 0.183 e. The molecular weight excluding hydrogens is 224 g/mol. The molecule has 0 saturated heterocycles. The lowest BCUT2D eigenvalue weighted by Gasteiger charge is -2.26. The van der Waals surface area contributed by atoms with Gasteiger partial charge >= 0.3 is 0 Å². The molecule has 3 nitrogen and oxygen atoms in total. The standard InChI is InChI=1S/C15H24N2O/c1-3-11-17-14(9-10-16-17)15(18)13-7-5-12(4-2)6-8-13/h9-10,12-13H,3-8,11H2,1-2H3. The molecule has 1 heterocycles. The molecule has 3 heteroatoms. The van der Waals surface area contributed by atoms with E-state index < -0.39 is 0 Å². The second-order valence-electron chi connectivity index (χ2n) is 5.43. The second kappa shape index (κ2) is 6.17. The maximum atomic E-state index is 12.5. The molecule has 0 unspecified atom stereocenters. The summed E-state index contributed by atoms with van der Waals surface area (Å²) in [4.78, 5) is 12.5. The van der Waals surface area contributed by atoms with E-state index in [4.69, 9.17) is 0 Å². The van der Waals surface area contributed by atoms with Gasteiger partial charge in [0.1, 0.15) is 5.69 Å². The summed E-state index contributed by atoms with van der Waals surface area (Å²) in [5, 5.41) is 4.25. The average molecular weight is 248 g/mol. The highest BCUT2D eigenvalue weighted by Gasteiger charge is 2.27. The quantitative estimate of drug-likeness (QED) is 0.745. The van der Waals surface area contributed by atoms with Crippen LogP contribution in [0.1, 0.15) is 62.9 Å². The van der Waals surface area contributed by atoms with Crippen LogP contribution in [0.4, 0.5) is 0 Å². The van der Waals surface area contributed by atoms with Gasteiger partial charge in [0, 0.05) is 18.7 Å². The zero-order valence-electron chi connectivity index (χ0n) is 11.6. The van der Waals surface area contributed by atoms with Gasteiger partial charge in [-0.15, -0.1) is 0 Å². The Morgan fingerprint density at radius 2 is 2.06 bits per heavy atom. The van der Waals surface area contributed by atoms with Crippen LogP contribution in [0.15, 0.2) is 12.3 Å². The fourth-order valence-corrected chi connectivity index (χ4v) is 2.97. The first-order chi connectivity index (χ1) is 8.76. The third-order valence-corrected chi connectivity index (χ3v) is 4.20. The Kier molecular flexibility index (Phi) is 4.56. The van der Waals surface area contributed by atoms with Gasteiger partial charge < -0.3 is 0 Å². The Morgan fingerprint density at radius 3 is 2.67 bits per heavy atom. The van der Waals surface area contributed by atoms with Crippen LogP contribution < -0.4 is 0 Å². The molecule has 0 aliphatic heterocycles. The van der Waals surface area contributed by atoms with Crippen molar-refractivity contribution in [1.29, 1.82) is 0 Å². The lowest BCUT2D eigenvalue weighted by molar-refractivity contribution is 0.0859. The third kappa shape index (κ3) is 2.82. The van der Waals surface area contributed by atoms with Gasteiger partial charge in [-0.1, -0.05) is 20.3 Å². The van der Waals surface area contributed by atoms with Crippen LogP contribution >= 0.6 is 0 Å². The molecule has 1 aliphatic carbocycles. The van der Waals surface area contributed by atoms with E-state index in [1.165, 1.54) is 19.3 Å². The third-order valence-electron chi connectivity index (χ3n) is 4.20. The summed E-state index contributed by atoms with van der Waals surface area (Å²) in [5.41, 5.74) is 0.816. The summed E-state index contributed by atoms with van der Waals surface area (Å²) in [6, 6.07) is 1.88. The van der Waals surface area contributed by atoms with Crippen molar-refractivity contribution in [2.24, 2.45) is 11.8 Å². The molecular formula is C15H24N2O. The molecule has 18 heavy (non-hydrogen) atoms. The number of hydrogen-bond acceptors (Lipinski definition) is 2. The first kappa shape index (κ1) is 13.3. The first-order valence-electron chi connectivity index (χ1n) is 7.32. The summed E-state index contributed by atoms with van der Waals surface area (Å²) in [5.74, 6) is 1.39. The van der Waals surface area contributed by atoms with Gasteiger partial charge in [0.25, 0.3) is 0 Å². The van der Waals surface area contributed by atoms with E-state index >= 15 is 0 Å². The maximum Gasteiger partial charge on any atom is 0.183 e. The summed E-state index contributed by atoms with van der Waals surface area (Å²) >= 11 is 0. The van der Waals surface area contributed by atoms with Crippen molar-refractivity contribution in [2.75, 3.05) is 0 Å². The zero-order chi connectivity index (χ0) is 13.0. The average Bonchev–Trinajstić information content (AvgIpc) is 2.87. The lowest BCUT2D eigenvalue weighted by Crippen LogP contribution is -2.24. The molecule has 1 saturated carbocycles. The number of aromatic nitrogens is 2. The van der Waals surface area contributed by atoms with Gasteiger partial charge in [-0.25, -0.2) is 0 Å². The Labute approximate surface area is 110 Å². The van der Waals surface area contributed by atoms with Gasteiger partial charge in [0.05, 0.1) is 0 Å². The van der Waals surface area contributed by atoms with Crippen LogP contribution in [0.25, 0.3) is 0 Å². The fourth-order valence-electron chi connectivity index (χ4n) is 2.97. The summed E-state index contributed by atoms with van der Waals surface area (Å²) in [6.45, 7) is 5.21. The molecule has 100 valence electrons. The minimum atomic E-state index is 0.236. The number of aryl methyl sites for hydroxylation is 1. The van der Waals surface area contributed by atoms with E-state index in [0.717, 1.165) is 37.4 Å². The number of Topliss-reactive ketones (excluding diaryl/α,β-unsaturated/α-hetero) is 1. The molecule has 0 atom stereocenters. The minimum Gasteiger partial charge on any atom is -0.292 e. The number of carbonyl (C=O) groups is 1. The number of hydrogen-bond donors (Lipinski definition) is 0. The number of carbonyl (C=O) groups excluding carboxylic acids is 1. The van der Waals surface area contributed by atoms with Crippen molar-refractivity contribution >= 4 is 5.78 Å². The van der Waals surface area contributed by atoms with E-state index in [1.54, 1.807) is 6.20 Å². The van der Waals surface area contributed by atoms with Crippen molar-refractivity contribution in [3.05, 3.63) is 18.0 Å². The number of rotatable bonds is 5. The SMILES string of the molecule is CCCn1nccc1C(=O)C1CCC(CC)CC1. The normalized spacial score (nSPS) is 24.1. The van der Waals surface area contributed by atoms with Crippen molar-refractivity contribution in [3.63, 3.8) is 0 Å². The summed E-state index contributed by atoms with van der Waals surface area (Å²) in [6.07, 6.45) is 8.59. The Morgan fingerprint density at radius 1 is 1.33 bits per heavy atom. The molecule has 1 aliphatic rings. The van der Waals surface area contributed by atoms with Crippen LogP contribution in [0.5, 0.6) is 0 Å². The van der Waals surface area contributed by atoms with E-state index in [9.17, 15) is 4.79 Å². The molecule has 0 amide bonds. The Bertz CT molecular complexity index is 389. The molecule has 0 radical (unpaired) electrons. The lowest BCUT2D eigenvalue weighted by atomic mass is 9.78. The summed E-state index contributed by atoms with van der Waals surface area (Å²) in [7, 11) is 0. The van der Waals surface area contributed by atoms with E-state index in [0.29, 0.717) is 5.78 Å². The van der Waals surface area contributed by atoms with Gasteiger partial charge in [0.2, 0.25) is 0 Å². The van der Waals surface area contributed by atoms with E-state index in [1.807, 2.05) is 10.7 Å². The van der Waals surface area contributed by atoms with Crippen LogP contribution in [-0.4, -0.2) is 15.6 Å². The van der Waals surface area contributed by atoms with Crippen molar-refractivity contribution in [2.45, 2.75) is 58.9 Å². The molecule has 0 N–H and O–H groups in total. The molecule has 1 fully saturated rings. The fraction of sp³-hybridized carbons (Fsp3) is 0.733. The Balaban J connectivity index is 2.01. The number of ketones is 1. The van der Waals surface area contributed by atoms with Crippen molar-refractivity contribution < 1.29 is 4.79 Å². The summed E-state index contributed by atoms with van der Waals surface area (Å²) < 4.78 is 1.87. The topological polar surface area (TPSA) is 34.9 Å². The molecule has 1 aromatic rings. The number of nitrogens with zero attached hydrogens (tertiary/aromatic N) is 2. The predicted octanol–water partition coefficient (Wildman–Crippen LogP) is 3.69. The van der Waals surface area contributed by atoms with Crippen LogP contribution in [0.2, 0.25) is 0 Å². The van der Waals surface area contributed by atoms with E-state index in [2.05, 4.69) is 18.9 Å². The molecule has 0 aromatic carbocycles. The highest BCUT2D eigenvalue weighted by Crippen LogP contribution is 2.32. The second-order valence-corrected chi connectivity index (χ2v) is 5.43. The van der Waals surface area contributed by atoms with Gasteiger partial charge in [-0.3, -0.25) is 9.48 Å². The zero-order valence-corrected chi connectivity index (χ0v) is 11.6. The minimum absolute atomic E-state index is 0.236. The predicted molar refractivity (Wildman–Crippen MR) is 72.6 cm³/mol. The first-order valence-corrected chi connectivity index (χ1v) is 7.32. The molecule has 1 aromatic heterocycles. The van der Waals surface area contributed by atoms with Crippen LogP contribution in [0, 0.1) is 11.8 Å². The van der Waals surface area contributed by atoms with Crippen LogP contribution in [-0.2, 0) is 6.54 Å². The van der Waals surface area contributed by atoms with E-state index in [-0.39, 0.29) is 5.92 Å². The Hall–Kier alpha value is -1.12. The van der Waals surface area contributed by atoms with Gasteiger partial charge in [0.15, 0.2) is 5.78 Å². The maximum absolute atomic E-state index is 12.5. The highest BCUT2D eigenvalue weighted by atomic mass is 16.1. The monoisotopic (exact) mass is 248 g/mol. The largest absolute Gasteiger partial charge is 0.292 e. The van der Waals surface area contributed by atoms with Gasteiger partial charge in [-0.2, -0.15) is 5.10 Å². The van der Waals surface area contributed by atoms with Crippen molar-refractivity contribution in [3.8, 4) is 0 Å². The van der Waals surface area contributed by atoms with Gasteiger partial charge in [-0.05, 0) is 44.1 Å². The molecule has 0 bridgehead atoms. The van der Waals surface area contributed by atoms with Crippen LogP contribution in [0.3, 0.4) is 0 Å². The van der Waals surface area contributed by atoms with Crippen molar-refractivity contribution in [1.82, 2.24) is 9.78 Å². The molecule has 0 spiro atoms.